The average molecular weight is 513 g/mol. The third kappa shape index (κ3) is 9.10. The van der Waals surface area contributed by atoms with Crippen molar-refractivity contribution in [3.05, 3.63) is 106 Å². The summed E-state index contributed by atoms with van der Waals surface area (Å²) in [5.41, 5.74) is 8.26. The molecule has 0 fully saturated rings. The third-order valence-electron chi connectivity index (χ3n) is 8.10. The molecule has 0 aliphatic rings. The maximum absolute atomic E-state index is 8.12. The van der Waals surface area contributed by atoms with Gasteiger partial charge in [-0.25, -0.2) is 0 Å². The van der Waals surface area contributed by atoms with Gasteiger partial charge in [0.2, 0.25) is 0 Å². The third-order valence-corrected chi connectivity index (χ3v) is 8.10. The van der Waals surface area contributed by atoms with Gasteiger partial charge < -0.3 is 0 Å². The number of benzene rings is 3. The molecule has 2 nitrogen and oxygen atoms in total. The highest BCUT2D eigenvalue weighted by atomic mass is 16.2. The average Bonchev–Trinajstić information content (AvgIpc) is 2.91. The van der Waals surface area contributed by atoms with Gasteiger partial charge in [-0.3, -0.25) is 0 Å². The highest BCUT2D eigenvalue weighted by molar-refractivity contribution is 5.44. The monoisotopic (exact) mass is 512 g/mol. The lowest BCUT2D eigenvalue weighted by Gasteiger charge is -2.29. The van der Waals surface area contributed by atoms with E-state index in [4.69, 9.17) is 9.59 Å². The molecular formula is C36H48O2. The first kappa shape index (κ1) is 31.3. The fraction of sp³-hybridized carbons (Fsp3) is 0.472. The molecule has 0 aromatic heterocycles. The quantitative estimate of drug-likeness (QED) is 0.214. The van der Waals surface area contributed by atoms with Crippen LogP contribution in [0.1, 0.15) is 119 Å². The van der Waals surface area contributed by atoms with E-state index in [0.717, 1.165) is 0 Å². The zero-order valence-corrected chi connectivity index (χ0v) is 24.6. The molecule has 38 heavy (non-hydrogen) atoms. The van der Waals surface area contributed by atoms with Gasteiger partial charge in [-0.15, -0.1) is 0 Å². The molecule has 0 spiro atoms. The Labute approximate surface area is 231 Å². The molecule has 0 atom stereocenters. The fourth-order valence-corrected chi connectivity index (χ4v) is 5.16. The van der Waals surface area contributed by atoms with Gasteiger partial charge in [0, 0.05) is 10.8 Å². The Morgan fingerprint density at radius 1 is 0.526 bits per heavy atom. The van der Waals surface area contributed by atoms with E-state index < -0.39 is 0 Å². The van der Waals surface area contributed by atoms with Crippen LogP contribution >= 0.6 is 0 Å². The largest absolute Gasteiger partial charge is 0.373 e. The zero-order chi connectivity index (χ0) is 28.0. The number of carbonyl (C=O) groups excluding carboxylic acids is 2. The van der Waals surface area contributed by atoms with Gasteiger partial charge in [-0.2, -0.15) is 9.59 Å². The standard InChI is InChI=1S/C35H48.CO2/c1-7-8-9-10-11-12-13-14-15-29-18-22-31(23-19-29)35(5,6)33-26-24-32(25-27-33)34(3,4)30-20-16-28(2)17-21-30;2-1-3/h16-27H,7-15H2,1-6H3;. The Bertz CT molecular complexity index is 1100. The summed E-state index contributed by atoms with van der Waals surface area (Å²) >= 11 is 0. The van der Waals surface area contributed by atoms with Gasteiger partial charge in [0.1, 0.15) is 0 Å². The summed E-state index contributed by atoms with van der Waals surface area (Å²) < 4.78 is 0. The number of hydrogen-bond donors (Lipinski definition) is 0. The summed E-state index contributed by atoms with van der Waals surface area (Å²) in [6.07, 6.45) is 12.5. The van der Waals surface area contributed by atoms with E-state index in [9.17, 15) is 0 Å². The highest BCUT2D eigenvalue weighted by Gasteiger charge is 2.26. The summed E-state index contributed by atoms with van der Waals surface area (Å²) in [5.74, 6) is 0. The van der Waals surface area contributed by atoms with E-state index in [1.165, 1.54) is 91.2 Å². The minimum absolute atomic E-state index is 0.00642. The van der Waals surface area contributed by atoms with Crippen LogP contribution in [0, 0.1) is 6.92 Å². The van der Waals surface area contributed by atoms with Crippen LogP contribution in [0.4, 0.5) is 0 Å². The minimum atomic E-state index is -0.0104. The molecule has 0 saturated heterocycles. The van der Waals surface area contributed by atoms with Crippen LogP contribution in [0.15, 0.2) is 72.8 Å². The SMILES string of the molecule is CCCCCCCCCCc1ccc(C(C)(C)c2ccc(C(C)(C)c3ccc(C)cc3)cc2)cc1.O=C=O. The topological polar surface area (TPSA) is 34.1 Å². The zero-order valence-electron chi connectivity index (χ0n) is 24.6. The molecule has 0 radical (unpaired) electrons. The van der Waals surface area contributed by atoms with E-state index in [-0.39, 0.29) is 17.0 Å². The summed E-state index contributed by atoms with van der Waals surface area (Å²) in [4.78, 5) is 16.2. The van der Waals surface area contributed by atoms with E-state index in [2.05, 4.69) is 114 Å². The van der Waals surface area contributed by atoms with Gasteiger partial charge >= 0.3 is 6.15 Å². The van der Waals surface area contributed by atoms with E-state index >= 15 is 0 Å². The molecule has 204 valence electrons. The van der Waals surface area contributed by atoms with Crippen LogP contribution in [-0.4, -0.2) is 6.15 Å². The Hall–Kier alpha value is -2.96. The van der Waals surface area contributed by atoms with Gasteiger partial charge in [0.25, 0.3) is 0 Å². The first-order chi connectivity index (χ1) is 18.2. The van der Waals surface area contributed by atoms with Crippen molar-refractivity contribution in [1.82, 2.24) is 0 Å². The fourth-order valence-electron chi connectivity index (χ4n) is 5.16. The summed E-state index contributed by atoms with van der Waals surface area (Å²) in [5, 5.41) is 0. The Balaban J connectivity index is 0.00000161. The molecule has 0 amide bonds. The minimum Gasteiger partial charge on any atom is -0.186 e. The molecule has 0 aliphatic heterocycles. The molecule has 2 heteroatoms. The van der Waals surface area contributed by atoms with E-state index in [1.54, 1.807) is 0 Å². The first-order valence-corrected chi connectivity index (χ1v) is 14.4. The Morgan fingerprint density at radius 3 is 1.24 bits per heavy atom. The molecule has 0 N–H and O–H groups in total. The van der Waals surface area contributed by atoms with Crippen molar-refractivity contribution >= 4 is 6.15 Å². The lowest BCUT2D eigenvalue weighted by Crippen LogP contribution is -2.21. The predicted octanol–water partition coefficient (Wildman–Crippen LogP) is 9.75. The van der Waals surface area contributed by atoms with Crippen molar-refractivity contribution in [3.63, 3.8) is 0 Å². The van der Waals surface area contributed by atoms with E-state index in [0.29, 0.717) is 0 Å². The van der Waals surface area contributed by atoms with Gasteiger partial charge in [-0.05, 0) is 47.6 Å². The smallest absolute Gasteiger partial charge is 0.186 e. The normalized spacial score (nSPS) is 11.4. The molecule has 0 bridgehead atoms. The summed E-state index contributed by atoms with van der Waals surface area (Å²) in [6, 6.07) is 27.7. The predicted molar refractivity (Wildman–Crippen MR) is 160 cm³/mol. The van der Waals surface area contributed by atoms with Gasteiger partial charge in [-0.1, -0.05) is 158 Å². The highest BCUT2D eigenvalue weighted by Crippen LogP contribution is 2.36. The first-order valence-electron chi connectivity index (χ1n) is 14.4. The Morgan fingerprint density at radius 2 is 0.842 bits per heavy atom. The Kier molecular flexibility index (Phi) is 12.7. The number of unbranched alkanes of at least 4 members (excludes halogenated alkanes) is 7. The molecule has 0 heterocycles. The number of hydrogen-bond acceptors (Lipinski definition) is 2. The molecule has 0 unspecified atom stereocenters. The molecule has 3 aromatic rings. The van der Waals surface area contributed by atoms with Crippen LogP contribution in [0.3, 0.4) is 0 Å². The number of rotatable bonds is 13. The van der Waals surface area contributed by atoms with Crippen molar-refractivity contribution < 1.29 is 9.59 Å². The molecule has 0 saturated carbocycles. The molecule has 3 aromatic carbocycles. The van der Waals surface area contributed by atoms with Crippen molar-refractivity contribution in [1.29, 1.82) is 0 Å². The van der Waals surface area contributed by atoms with Crippen molar-refractivity contribution in [2.75, 3.05) is 0 Å². The number of aryl methyl sites for hydroxylation is 2. The molecular weight excluding hydrogens is 464 g/mol. The lowest BCUT2D eigenvalue weighted by molar-refractivity contribution is -0.191. The maximum Gasteiger partial charge on any atom is 0.373 e. The van der Waals surface area contributed by atoms with Crippen molar-refractivity contribution in [2.24, 2.45) is 0 Å². The molecule has 3 rings (SSSR count). The van der Waals surface area contributed by atoms with Crippen LogP contribution in [0.5, 0.6) is 0 Å². The van der Waals surface area contributed by atoms with Crippen LogP contribution in [0.2, 0.25) is 0 Å². The second kappa shape index (κ2) is 15.5. The van der Waals surface area contributed by atoms with E-state index in [1.807, 2.05) is 0 Å². The lowest BCUT2D eigenvalue weighted by atomic mass is 9.74. The summed E-state index contributed by atoms with van der Waals surface area (Å²) in [6.45, 7) is 13.8. The van der Waals surface area contributed by atoms with Crippen LogP contribution in [0.25, 0.3) is 0 Å². The van der Waals surface area contributed by atoms with Crippen molar-refractivity contribution in [3.8, 4) is 0 Å². The van der Waals surface area contributed by atoms with Crippen molar-refractivity contribution in [2.45, 2.75) is 110 Å². The van der Waals surface area contributed by atoms with Gasteiger partial charge in [0.15, 0.2) is 0 Å². The van der Waals surface area contributed by atoms with Gasteiger partial charge in [0.05, 0.1) is 0 Å². The van der Waals surface area contributed by atoms with Crippen LogP contribution in [-0.2, 0) is 26.8 Å². The molecule has 0 aliphatic carbocycles. The second-order valence-electron chi connectivity index (χ2n) is 11.7. The second-order valence-corrected chi connectivity index (χ2v) is 11.7. The summed E-state index contributed by atoms with van der Waals surface area (Å²) in [7, 11) is 0. The van der Waals surface area contributed by atoms with Crippen LogP contribution < -0.4 is 0 Å². The maximum atomic E-state index is 8.12.